The Bertz CT molecular complexity index is 956. The summed E-state index contributed by atoms with van der Waals surface area (Å²) in [5.41, 5.74) is 9.88. The van der Waals surface area contributed by atoms with Crippen LogP contribution < -0.4 is 4.98 Å². The number of aromatic amines is 1. The van der Waals surface area contributed by atoms with Gasteiger partial charge in [-0.2, -0.15) is 0 Å². The van der Waals surface area contributed by atoms with Crippen LogP contribution in [0.15, 0.2) is 91.0 Å². The fourth-order valence-electron chi connectivity index (χ4n) is 3.67. The normalized spacial score (nSPS) is 10.7. The molecule has 4 aromatic rings. The number of hydrogen-bond acceptors (Lipinski definition) is 0. The van der Waals surface area contributed by atoms with Gasteiger partial charge in [0, 0.05) is 27.8 Å². The number of nitrogens with one attached hydrogen (secondary N) is 1. The second kappa shape index (κ2) is 6.97. The van der Waals surface area contributed by atoms with E-state index in [1.54, 1.807) is 0 Å². The average molecular weight is 336 g/mol. The van der Waals surface area contributed by atoms with Gasteiger partial charge in [0.25, 0.3) is 0 Å². The average Bonchev–Trinajstić information content (AvgIpc) is 2.70. The van der Waals surface area contributed by atoms with Crippen molar-refractivity contribution < 1.29 is 4.98 Å². The van der Waals surface area contributed by atoms with Crippen LogP contribution in [0.25, 0.3) is 33.6 Å². The zero-order valence-electron chi connectivity index (χ0n) is 15.2. The Kier molecular flexibility index (Phi) is 4.37. The van der Waals surface area contributed by atoms with E-state index in [0.29, 0.717) is 0 Å². The van der Waals surface area contributed by atoms with Crippen LogP contribution in [-0.2, 0) is 0 Å². The lowest BCUT2D eigenvalue weighted by atomic mass is 9.90. The lowest BCUT2D eigenvalue weighted by Crippen LogP contribution is -2.16. The molecule has 1 aromatic heterocycles. The number of rotatable bonds is 3. The molecule has 0 spiro atoms. The molecule has 0 saturated carbocycles. The van der Waals surface area contributed by atoms with Gasteiger partial charge in [0.2, 0.25) is 11.4 Å². The van der Waals surface area contributed by atoms with Crippen molar-refractivity contribution >= 4 is 0 Å². The lowest BCUT2D eigenvalue weighted by molar-refractivity contribution is -0.352. The fraction of sp³-hybridized carbons (Fsp3) is 0.0800. The third kappa shape index (κ3) is 2.93. The molecule has 0 radical (unpaired) electrons. The first-order chi connectivity index (χ1) is 12.8. The van der Waals surface area contributed by atoms with Crippen LogP contribution in [0.5, 0.6) is 0 Å². The van der Waals surface area contributed by atoms with Crippen LogP contribution >= 0.6 is 0 Å². The third-order valence-corrected chi connectivity index (χ3v) is 4.94. The van der Waals surface area contributed by atoms with E-state index in [1.807, 2.05) is 0 Å². The summed E-state index contributed by atoms with van der Waals surface area (Å²) < 4.78 is 0. The largest absolute Gasteiger partial charge is 0.214 e. The van der Waals surface area contributed by atoms with E-state index in [2.05, 4.69) is 110 Å². The lowest BCUT2D eigenvalue weighted by Gasteiger charge is -2.14. The zero-order chi connectivity index (χ0) is 17.9. The zero-order valence-corrected chi connectivity index (χ0v) is 15.2. The van der Waals surface area contributed by atoms with Crippen LogP contribution in [0.3, 0.4) is 0 Å². The molecule has 0 saturated heterocycles. The van der Waals surface area contributed by atoms with Gasteiger partial charge in [-0.05, 0) is 43.7 Å². The van der Waals surface area contributed by atoms with E-state index in [1.165, 1.54) is 44.8 Å². The van der Waals surface area contributed by atoms with Gasteiger partial charge in [0.1, 0.15) is 0 Å². The third-order valence-electron chi connectivity index (χ3n) is 4.94. The molecule has 0 fully saturated rings. The fourth-order valence-corrected chi connectivity index (χ4v) is 3.67. The first-order valence-corrected chi connectivity index (χ1v) is 8.98. The molecular formula is C25H22N+. The molecule has 0 aliphatic carbocycles. The highest BCUT2D eigenvalue weighted by Gasteiger charge is 2.23. The molecule has 0 unspecified atom stereocenters. The summed E-state index contributed by atoms with van der Waals surface area (Å²) in [6.45, 7) is 4.42. The predicted molar refractivity (Wildman–Crippen MR) is 109 cm³/mol. The standard InChI is InChI=1S/C25H21N/c1-18-23(20-12-6-3-7-13-20)19(2)25(22-16-10-5-11-17-22)26-24(18)21-14-8-4-9-15-21/h3-17H,1-2H3/p+1. The van der Waals surface area contributed by atoms with Crippen LogP contribution in [-0.4, -0.2) is 0 Å². The van der Waals surface area contributed by atoms with E-state index in [9.17, 15) is 0 Å². The van der Waals surface area contributed by atoms with Crippen molar-refractivity contribution in [3.63, 3.8) is 0 Å². The topological polar surface area (TPSA) is 14.1 Å². The molecule has 126 valence electrons. The van der Waals surface area contributed by atoms with E-state index < -0.39 is 0 Å². The summed E-state index contributed by atoms with van der Waals surface area (Å²) in [7, 11) is 0. The van der Waals surface area contributed by atoms with Crippen LogP contribution in [0.4, 0.5) is 0 Å². The summed E-state index contributed by atoms with van der Waals surface area (Å²) in [5.74, 6) is 0. The Labute approximate surface area is 155 Å². The molecule has 1 heterocycles. The number of aromatic nitrogens is 1. The van der Waals surface area contributed by atoms with Crippen LogP contribution in [0.1, 0.15) is 11.1 Å². The highest BCUT2D eigenvalue weighted by molar-refractivity contribution is 5.81. The van der Waals surface area contributed by atoms with Crippen LogP contribution in [0.2, 0.25) is 0 Å². The van der Waals surface area contributed by atoms with Crippen molar-refractivity contribution in [3.05, 3.63) is 102 Å². The monoisotopic (exact) mass is 336 g/mol. The van der Waals surface area contributed by atoms with Crippen molar-refractivity contribution in [2.75, 3.05) is 0 Å². The van der Waals surface area contributed by atoms with E-state index in [4.69, 9.17) is 0 Å². The molecule has 26 heavy (non-hydrogen) atoms. The quantitative estimate of drug-likeness (QED) is 0.428. The van der Waals surface area contributed by atoms with E-state index in [-0.39, 0.29) is 0 Å². The minimum Gasteiger partial charge on any atom is -0.204 e. The summed E-state index contributed by atoms with van der Waals surface area (Å²) >= 11 is 0. The predicted octanol–water partition coefficient (Wildman–Crippen LogP) is 6.12. The molecule has 0 bridgehead atoms. The van der Waals surface area contributed by atoms with Gasteiger partial charge in [-0.25, -0.2) is 4.98 Å². The first-order valence-electron chi connectivity index (χ1n) is 8.98. The molecule has 0 atom stereocenters. The van der Waals surface area contributed by atoms with Gasteiger partial charge < -0.3 is 0 Å². The van der Waals surface area contributed by atoms with Crippen molar-refractivity contribution in [2.45, 2.75) is 13.8 Å². The minimum atomic E-state index is 1.17. The Morgan fingerprint density at radius 2 is 0.808 bits per heavy atom. The summed E-state index contributed by atoms with van der Waals surface area (Å²) in [6, 6.07) is 31.8. The number of H-pyrrole nitrogens is 1. The van der Waals surface area contributed by atoms with E-state index >= 15 is 0 Å². The molecular weight excluding hydrogens is 314 g/mol. The van der Waals surface area contributed by atoms with Crippen molar-refractivity contribution in [2.24, 2.45) is 0 Å². The van der Waals surface area contributed by atoms with Crippen molar-refractivity contribution in [1.82, 2.24) is 0 Å². The van der Waals surface area contributed by atoms with Gasteiger partial charge >= 0.3 is 0 Å². The summed E-state index contributed by atoms with van der Waals surface area (Å²) in [6.07, 6.45) is 0. The smallest absolute Gasteiger partial charge is 0.204 e. The first kappa shape index (κ1) is 16.3. The summed E-state index contributed by atoms with van der Waals surface area (Å²) in [4.78, 5) is 3.72. The second-order valence-corrected chi connectivity index (χ2v) is 6.60. The molecule has 3 aromatic carbocycles. The molecule has 0 amide bonds. The Morgan fingerprint density at radius 1 is 0.462 bits per heavy atom. The Morgan fingerprint density at radius 3 is 1.19 bits per heavy atom. The van der Waals surface area contributed by atoms with E-state index in [0.717, 1.165) is 0 Å². The molecule has 1 nitrogen and oxygen atoms in total. The molecule has 4 rings (SSSR count). The minimum absolute atomic E-state index is 1.17. The maximum absolute atomic E-state index is 3.72. The molecule has 1 N–H and O–H groups in total. The number of hydrogen-bond donors (Lipinski definition) is 0. The van der Waals surface area contributed by atoms with Gasteiger partial charge in [-0.3, -0.25) is 0 Å². The maximum Gasteiger partial charge on any atom is 0.214 e. The van der Waals surface area contributed by atoms with Gasteiger partial charge in [0.05, 0.1) is 0 Å². The second-order valence-electron chi connectivity index (χ2n) is 6.60. The molecule has 1 heteroatoms. The Hall–Kier alpha value is -3.19. The highest BCUT2D eigenvalue weighted by Crippen LogP contribution is 2.35. The molecule has 0 aliphatic rings. The van der Waals surface area contributed by atoms with Gasteiger partial charge in [0.15, 0.2) is 0 Å². The summed E-state index contributed by atoms with van der Waals surface area (Å²) in [5, 5.41) is 0. The highest BCUT2D eigenvalue weighted by atomic mass is 14.7. The number of pyridine rings is 1. The van der Waals surface area contributed by atoms with Gasteiger partial charge in [-0.15, -0.1) is 0 Å². The number of benzene rings is 3. The van der Waals surface area contributed by atoms with Gasteiger partial charge in [-0.1, -0.05) is 66.7 Å². The van der Waals surface area contributed by atoms with Crippen molar-refractivity contribution in [3.8, 4) is 33.6 Å². The van der Waals surface area contributed by atoms with Crippen molar-refractivity contribution in [1.29, 1.82) is 0 Å². The maximum atomic E-state index is 3.72. The molecule has 0 aliphatic heterocycles. The van der Waals surface area contributed by atoms with Crippen LogP contribution in [0, 0.1) is 13.8 Å². The SMILES string of the molecule is Cc1c(-c2ccccc2)[nH+]c(-c2ccccc2)c(C)c1-c1ccccc1. The Balaban J connectivity index is 2.05.